The van der Waals surface area contributed by atoms with Crippen LogP contribution in [0.5, 0.6) is 0 Å². The van der Waals surface area contributed by atoms with E-state index in [9.17, 15) is 0 Å². The van der Waals surface area contributed by atoms with Gasteiger partial charge in [0.05, 0.1) is 5.71 Å². The molecule has 1 aliphatic rings. The third kappa shape index (κ3) is 7.26. The minimum atomic E-state index is 0.939. The number of nitrogens with zero attached hydrogens (tertiary/aromatic N) is 1. The van der Waals surface area contributed by atoms with Crippen molar-refractivity contribution in [3.05, 3.63) is 84.6 Å². The lowest BCUT2D eigenvalue weighted by Crippen LogP contribution is -1.99. The molecular weight excluding hydrogens is 254 g/mol. The Labute approximate surface area is 129 Å². The van der Waals surface area contributed by atoms with Crippen molar-refractivity contribution in [2.75, 3.05) is 0 Å². The van der Waals surface area contributed by atoms with E-state index in [0.717, 1.165) is 29.8 Å². The molecule has 0 unspecified atom stereocenters. The number of rotatable bonds is 4. The predicted molar refractivity (Wildman–Crippen MR) is 94.7 cm³/mol. The van der Waals surface area contributed by atoms with Gasteiger partial charge in [-0.1, -0.05) is 80.6 Å². The van der Waals surface area contributed by atoms with Gasteiger partial charge in [-0.25, -0.2) is 0 Å². The van der Waals surface area contributed by atoms with Crippen LogP contribution in [0.4, 0.5) is 0 Å². The molecule has 21 heavy (non-hydrogen) atoms. The molecular formula is C20H25N. The van der Waals surface area contributed by atoms with Crippen LogP contribution in [0.25, 0.3) is 0 Å². The van der Waals surface area contributed by atoms with E-state index in [-0.39, 0.29) is 0 Å². The summed E-state index contributed by atoms with van der Waals surface area (Å²) in [4.78, 5) is 4.44. The molecule has 0 radical (unpaired) electrons. The van der Waals surface area contributed by atoms with Crippen molar-refractivity contribution in [3.63, 3.8) is 0 Å². The third-order valence-corrected chi connectivity index (χ3v) is 3.03. The van der Waals surface area contributed by atoms with E-state index in [1.54, 1.807) is 0 Å². The van der Waals surface area contributed by atoms with Gasteiger partial charge in [0.2, 0.25) is 0 Å². The van der Waals surface area contributed by atoms with E-state index in [2.05, 4.69) is 44.1 Å². The molecule has 1 heteroatoms. The first kappa shape index (κ1) is 16.9. The van der Waals surface area contributed by atoms with Crippen LogP contribution >= 0.6 is 0 Å². The fraction of sp³-hybridized carbons (Fsp3) is 0.250. The van der Waals surface area contributed by atoms with Crippen LogP contribution in [-0.4, -0.2) is 5.71 Å². The smallest absolute Gasteiger partial charge is 0.0699 e. The van der Waals surface area contributed by atoms with Crippen LogP contribution in [0.3, 0.4) is 0 Å². The van der Waals surface area contributed by atoms with Crippen LogP contribution in [-0.2, 0) is 0 Å². The van der Waals surface area contributed by atoms with Crippen LogP contribution in [0.2, 0.25) is 0 Å². The Morgan fingerprint density at radius 3 is 2.29 bits per heavy atom. The molecule has 0 N–H and O–H groups in total. The second kappa shape index (κ2) is 9.71. The first-order chi connectivity index (χ1) is 10.1. The van der Waals surface area contributed by atoms with Gasteiger partial charge < -0.3 is 0 Å². The molecule has 0 atom stereocenters. The molecule has 0 aliphatic heterocycles. The summed E-state index contributed by atoms with van der Waals surface area (Å²) in [6, 6.07) is 10.3. The van der Waals surface area contributed by atoms with E-state index >= 15 is 0 Å². The summed E-state index contributed by atoms with van der Waals surface area (Å²) < 4.78 is 0. The molecule has 1 aliphatic carbocycles. The summed E-state index contributed by atoms with van der Waals surface area (Å²) in [7, 11) is 0. The Morgan fingerprint density at radius 1 is 1.10 bits per heavy atom. The average Bonchev–Trinajstić information content (AvgIpc) is 2.49. The highest BCUT2D eigenvalue weighted by atomic mass is 14.7. The summed E-state index contributed by atoms with van der Waals surface area (Å²) in [5, 5.41) is 0. The first-order valence-electron chi connectivity index (χ1n) is 7.45. The molecule has 1 nitrogen and oxygen atoms in total. The Kier molecular flexibility index (Phi) is 7.81. The molecule has 1 aromatic carbocycles. The normalized spacial score (nSPS) is 14.8. The van der Waals surface area contributed by atoms with Crippen molar-refractivity contribution in [2.45, 2.75) is 33.1 Å². The molecule has 0 saturated heterocycles. The lowest BCUT2D eigenvalue weighted by molar-refractivity contribution is 0.784. The van der Waals surface area contributed by atoms with Crippen molar-refractivity contribution < 1.29 is 0 Å². The Morgan fingerprint density at radius 2 is 1.76 bits per heavy atom. The number of hydrogen-bond acceptors (Lipinski definition) is 1. The van der Waals surface area contributed by atoms with Gasteiger partial charge in [-0.15, -0.1) is 0 Å². The molecule has 2 rings (SSSR count). The van der Waals surface area contributed by atoms with Gasteiger partial charge in [-0.3, -0.25) is 4.99 Å². The second-order valence-electron chi connectivity index (χ2n) is 5.06. The third-order valence-electron chi connectivity index (χ3n) is 3.03. The minimum Gasteiger partial charge on any atom is -0.253 e. The van der Waals surface area contributed by atoms with Crippen molar-refractivity contribution in [1.29, 1.82) is 0 Å². The number of aliphatic imine (C=N–C) groups is 1. The fourth-order valence-electron chi connectivity index (χ4n) is 1.76. The van der Waals surface area contributed by atoms with E-state index in [1.807, 2.05) is 42.5 Å². The molecule has 0 fully saturated rings. The molecule has 0 amide bonds. The quantitative estimate of drug-likeness (QED) is 0.659. The maximum atomic E-state index is 4.44. The number of allylic oxidation sites excluding steroid dienone is 6. The largest absolute Gasteiger partial charge is 0.253 e. The summed E-state index contributed by atoms with van der Waals surface area (Å²) in [5.41, 5.74) is 4.17. The standard InChI is InChI=1S/C13H17N.C7H8/c1-4-5-9-12(3)14-13-10-7-6-8-11(13)2;1-7-5-3-2-4-6-7/h6-8,10H,2-5,9H2,1H3;2-6H,1H3. The molecule has 1 aromatic rings. The Hall–Kier alpha value is -2.15. The number of unbranched alkanes of at least 4 members (excludes halogenated alkanes) is 1. The zero-order chi connectivity index (χ0) is 15.5. The molecule has 110 valence electrons. The van der Waals surface area contributed by atoms with Gasteiger partial charge in [0.15, 0.2) is 0 Å². The summed E-state index contributed by atoms with van der Waals surface area (Å²) in [6.07, 6.45) is 11.2. The predicted octanol–water partition coefficient (Wildman–Crippen LogP) is 5.81. The van der Waals surface area contributed by atoms with E-state index in [4.69, 9.17) is 0 Å². The van der Waals surface area contributed by atoms with Gasteiger partial charge in [-0.05, 0) is 31.4 Å². The number of aryl methyl sites for hydroxylation is 1. The molecule has 0 heterocycles. The molecule has 0 bridgehead atoms. The monoisotopic (exact) mass is 279 g/mol. The SMILES string of the molecule is C=C(CCCC)N=C1C=CC=CC1=C.Cc1ccccc1. The van der Waals surface area contributed by atoms with Gasteiger partial charge >= 0.3 is 0 Å². The highest BCUT2D eigenvalue weighted by molar-refractivity contribution is 6.11. The second-order valence-corrected chi connectivity index (χ2v) is 5.06. The van der Waals surface area contributed by atoms with Gasteiger partial charge in [0, 0.05) is 5.70 Å². The van der Waals surface area contributed by atoms with E-state index in [0.29, 0.717) is 0 Å². The zero-order valence-corrected chi connectivity index (χ0v) is 13.2. The average molecular weight is 279 g/mol. The topological polar surface area (TPSA) is 12.4 Å². The fourth-order valence-corrected chi connectivity index (χ4v) is 1.76. The van der Waals surface area contributed by atoms with Crippen LogP contribution in [0, 0.1) is 6.92 Å². The highest BCUT2D eigenvalue weighted by Gasteiger charge is 2.01. The lowest BCUT2D eigenvalue weighted by atomic mass is 10.1. The van der Waals surface area contributed by atoms with Gasteiger partial charge in [-0.2, -0.15) is 0 Å². The van der Waals surface area contributed by atoms with Crippen LogP contribution in [0.15, 0.2) is 84.1 Å². The lowest BCUT2D eigenvalue weighted by Gasteiger charge is -2.05. The Bertz CT molecular complexity index is 544. The summed E-state index contributed by atoms with van der Waals surface area (Å²) in [5.74, 6) is 0. The zero-order valence-electron chi connectivity index (χ0n) is 13.2. The molecule has 0 spiro atoms. The van der Waals surface area contributed by atoms with Crippen molar-refractivity contribution in [3.8, 4) is 0 Å². The van der Waals surface area contributed by atoms with E-state index < -0.39 is 0 Å². The van der Waals surface area contributed by atoms with Crippen molar-refractivity contribution >= 4 is 5.71 Å². The summed E-state index contributed by atoms with van der Waals surface area (Å²) in [6.45, 7) is 12.1. The van der Waals surface area contributed by atoms with Crippen LogP contribution in [0.1, 0.15) is 31.7 Å². The number of benzene rings is 1. The van der Waals surface area contributed by atoms with Gasteiger partial charge in [0.1, 0.15) is 0 Å². The van der Waals surface area contributed by atoms with Crippen molar-refractivity contribution in [1.82, 2.24) is 0 Å². The van der Waals surface area contributed by atoms with Crippen LogP contribution < -0.4 is 0 Å². The first-order valence-corrected chi connectivity index (χ1v) is 7.45. The van der Waals surface area contributed by atoms with Crippen molar-refractivity contribution in [2.24, 2.45) is 4.99 Å². The molecule has 0 saturated carbocycles. The number of hydrogen-bond donors (Lipinski definition) is 0. The summed E-state index contributed by atoms with van der Waals surface area (Å²) >= 11 is 0. The highest BCUT2D eigenvalue weighted by Crippen LogP contribution is 2.12. The maximum Gasteiger partial charge on any atom is 0.0699 e. The minimum absolute atomic E-state index is 0.939. The van der Waals surface area contributed by atoms with E-state index in [1.165, 1.54) is 12.0 Å². The van der Waals surface area contributed by atoms with Gasteiger partial charge in [0.25, 0.3) is 0 Å². The Balaban J connectivity index is 0.000000262. The molecule has 0 aromatic heterocycles. The maximum absolute atomic E-state index is 4.44.